The second-order valence-electron chi connectivity index (χ2n) is 4.61. The number of piperazine rings is 1. The summed E-state index contributed by atoms with van der Waals surface area (Å²) in [6.07, 6.45) is 1.19. The van der Waals surface area contributed by atoms with Gasteiger partial charge in [-0.15, -0.1) is 0 Å². The van der Waals surface area contributed by atoms with Crippen LogP contribution in [0.1, 0.15) is 11.1 Å². The summed E-state index contributed by atoms with van der Waals surface area (Å²) in [7, 11) is 0. The summed E-state index contributed by atoms with van der Waals surface area (Å²) in [5, 5.41) is 8.43. The molecule has 0 amide bonds. The van der Waals surface area contributed by atoms with Crippen LogP contribution in [-0.4, -0.2) is 42.7 Å². The Balaban J connectivity index is 1.72. The highest BCUT2D eigenvalue weighted by atomic mass is 15.6. The van der Waals surface area contributed by atoms with E-state index in [9.17, 15) is 0 Å². The molecule has 0 radical (unpaired) electrons. The van der Waals surface area contributed by atoms with E-state index in [1.165, 1.54) is 24.1 Å². The molecule has 0 atom stereocenters. The van der Waals surface area contributed by atoms with E-state index in [1.807, 2.05) is 0 Å². The molecule has 0 unspecified atom stereocenters. The largest absolute Gasteiger partial charge is 0.314 e. The highest BCUT2D eigenvalue weighted by molar-refractivity contribution is 5.28. The second kappa shape index (κ2) is 4.53. The Labute approximate surface area is 97.0 Å². The lowest BCUT2D eigenvalue weighted by Crippen LogP contribution is -2.53. The van der Waals surface area contributed by atoms with Gasteiger partial charge < -0.3 is 5.32 Å². The van der Waals surface area contributed by atoms with Crippen molar-refractivity contribution in [2.24, 2.45) is 0 Å². The van der Waals surface area contributed by atoms with E-state index in [0.29, 0.717) is 0 Å². The van der Waals surface area contributed by atoms with Gasteiger partial charge in [0.15, 0.2) is 0 Å². The van der Waals surface area contributed by atoms with Crippen molar-refractivity contribution in [3.8, 4) is 0 Å². The van der Waals surface area contributed by atoms with Crippen LogP contribution >= 0.6 is 0 Å². The van der Waals surface area contributed by atoms with Crippen LogP contribution in [0.2, 0.25) is 0 Å². The molecule has 2 aliphatic heterocycles. The zero-order valence-electron chi connectivity index (χ0n) is 9.65. The first kappa shape index (κ1) is 10.3. The average Bonchev–Trinajstić information content (AvgIpc) is 2.39. The van der Waals surface area contributed by atoms with Crippen molar-refractivity contribution < 1.29 is 0 Å². The first-order valence-corrected chi connectivity index (χ1v) is 6.21. The van der Waals surface area contributed by atoms with Gasteiger partial charge >= 0.3 is 0 Å². The smallest absolute Gasteiger partial charge is 0.0387 e. The Morgan fingerprint density at radius 3 is 2.44 bits per heavy atom. The molecule has 0 saturated carbocycles. The van der Waals surface area contributed by atoms with E-state index in [-0.39, 0.29) is 0 Å². The van der Waals surface area contributed by atoms with Crippen molar-refractivity contribution in [3.63, 3.8) is 0 Å². The van der Waals surface area contributed by atoms with Crippen LogP contribution in [0.3, 0.4) is 0 Å². The number of fused-ring (bicyclic) bond motifs is 1. The van der Waals surface area contributed by atoms with Crippen LogP contribution in [0.4, 0.5) is 0 Å². The second-order valence-corrected chi connectivity index (χ2v) is 4.61. The molecular formula is C13H19N3. The fourth-order valence-electron chi connectivity index (χ4n) is 2.66. The third-order valence-electron chi connectivity index (χ3n) is 3.60. The molecular weight excluding hydrogens is 198 g/mol. The average molecular weight is 217 g/mol. The lowest BCUT2D eigenvalue weighted by atomic mass is 10.0. The number of hydrogen-bond acceptors (Lipinski definition) is 3. The summed E-state index contributed by atoms with van der Waals surface area (Å²) in [6, 6.07) is 8.84. The predicted octanol–water partition coefficient (Wildman–Crippen LogP) is 0.865. The van der Waals surface area contributed by atoms with Crippen LogP contribution < -0.4 is 5.32 Å². The minimum absolute atomic E-state index is 1.09. The standard InChI is InChI=1S/C13H19N3/c1-2-4-13-11-16(8-5-12(13)3-1)15-9-6-14-7-10-15/h1-4,14H,5-11H2. The molecule has 0 spiro atoms. The van der Waals surface area contributed by atoms with Gasteiger partial charge in [-0.2, -0.15) is 0 Å². The first-order chi connectivity index (χ1) is 7.93. The molecule has 1 aromatic carbocycles. The molecule has 0 aliphatic carbocycles. The summed E-state index contributed by atoms with van der Waals surface area (Å²) < 4.78 is 0. The minimum Gasteiger partial charge on any atom is -0.314 e. The topological polar surface area (TPSA) is 18.5 Å². The number of nitrogens with zero attached hydrogens (tertiary/aromatic N) is 2. The Bertz CT molecular complexity index is 358. The predicted molar refractivity (Wildman–Crippen MR) is 65.0 cm³/mol. The minimum atomic E-state index is 1.09. The van der Waals surface area contributed by atoms with Crippen LogP contribution in [0.15, 0.2) is 24.3 Å². The lowest BCUT2D eigenvalue weighted by Gasteiger charge is -2.40. The van der Waals surface area contributed by atoms with Crippen molar-refractivity contribution in [1.29, 1.82) is 0 Å². The molecule has 1 fully saturated rings. The third-order valence-corrected chi connectivity index (χ3v) is 3.60. The molecule has 16 heavy (non-hydrogen) atoms. The van der Waals surface area contributed by atoms with Crippen molar-refractivity contribution in [3.05, 3.63) is 35.4 Å². The highest BCUT2D eigenvalue weighted by Gasteiger charge is 2.22. The Morgan fingerprint density at radius 2 is 1.62 bits per heavy atom. The van der Waals surface area contributed by atoms with Crippen LogP contribution in [0.5, 0.6) is 0 Å². The molecule has 0 aromatic heterocycles. The van der Waals surface area contributed by atoms with Crippen LogP contribution in [0.25, 0.3) is 0 Å². The van der Waals surface area contributed by atoms with Crippen molar-refractivity contribution in [2.75, 3.05) is 32.7 Å². The lowest BCUT2D eigenvalue weighted by molar-refractivity contribution is -0.0454. The Hall–Kier alpha value is -0.900. The molecule has 2 heterocycles. The van der Waals surface area contributed by atoms with E-state index in [0.717, 1.165) is 32.7 Å². The SMILES string of the molecule is c1ccc2c(c1)CCN(N1CCNCC1)C2. The quantitative estimate of drug-likeness (QED) is 0.753. The van der Waals surface area contributed by atoms with E-state index >= 15 is 0 Å². The normalized spacial score (nSPS) is 23.0. The molecule has 0 bridgehead atoms. The molecule has 86 valence electrons. The molecule has 2 aliphatic rings. The molecule has 1 saturated heterocycles. The molecule has 3 rings (SSSR count). The van der Waals surface area contributed by atoms with Crippen molar-refractivity contribution >= 4 is 0 Å². The van der Waals surface area contributed by atoms with Crippen LogP contribution in [0, 0.1) is 0 Å². The summed E-state index contributed by atoms with van der Waals surface area (Å²) in [6.45, 7) is 6.83. The van der Waals surface area contributed by atoms with E-state index in [4.69, 9.17) is 0 Å². The maximum Gasteiger partial charge on any atom is 0.0387 e. The van der Waals surface area contributed by atoms with Gasteiger partial charge in [-0.1, -0.05) is 24.3 Å². The molecule has 3 heteroatoms. The number of hydrogen-bond donors (Lipinski definition) is 1. The third kappa shape index (κ3) is 1.98. The van der Waals surface area contributed by atoms with E-state index in [1.54, 1.807) is 0 Å². The number of nitrogens with one attached hydrogen (secondary N) is 1. The van der Waals surface area contributed by atoms with Gasteiger partial charge in [0.05, 0.1) is 0 Å². The summed E-state index contributed by atoms with van der Waals surface area (Å²) in [5.74, 6) is 0. The van der Waals surface area contributed by atoms with Gasteiger partial charge in [-0.3, -0.25) is 0 Å². The molecule has 3 nitrogen and oxygen atoms in total. The van der Waals surface area contributed by atoms with Gasteiger partial charge in [0.1, 0.15) is 0 Å². The van der Waals surface area contributed by atoms with Crippen LogP contribution in [-0.2, 0) is 13.0 Å². The highest BCUT2D eigenvalue weighted by Crippen LogP contribution is 2.19. The van der Waals surface area contributed by atoms with Gasteiger partial charge in [-0.05, 0) is 17.5 Å². The van der Waals surface area contributed by atoms with Gasteiger partial charge in [0.25, 0.3) is 0 Å². The summed E-state index contributed by atoms with van der Waals surface area (Å²) in [5.41, 5.74) is 3.04. The van der Waals surface area contributed by atoms with Gasteiger partial charge in [-0.25, -0.2) is 10.0 Å². The summed E-state index contributed by atoms with van der Waals surface area (Å²) >= 11 is 0. The van der Waals surface area contributed by atoms with Crippen molar-refractivity contribution in [1.82, 2.24) is 15.3 Å². The van der Waals surface area contributed by atoms with Gasteiger partial charge in [0, 0.05) is 39.3 Å². The maximum absolute atomic E-state index is 3.40. The number of hydrazine groups is 1. The maximum atomic E-state index is 3.40. The monoisotopic (exact) mass is 217 g/mol. The zero-order chi connectivity index (χ0) is 10.8. The zero-order valence-corrected chi connectivity index (χ0v) is 9.65. The number of benzene rings is 1. The Kier molecular flexibility index (Phi) is 2.91. The Morgan fingerprint density at radius 1 is 0.875 bits per heavy atom. The summed E-state index contributed by atoms with van der Waals surface area (Å²) in [4.78, 5) is 0. The van der Waals surface area contributed by atoms with E-state index < -0.39 is 0 Å². The van der Waals surface area contributed by atoms with Crippen molar-refractivity contribution in [2.45, 2.75) is 13.0 Å². The molecule has 1 N–H and O–H groups in total. The fourth-order valence-corrected chi connectivity index (χ4v) is 2.66. The number of rotatable bonds is 1. The first-order valence-electron chi connectivity index (χ1n) is 6.21. The fraction of sp³-hybridized carbons (Fsp3) is 0.538. The van der Waals surface area contributed by atoms with Gasteiger partial charge in [0.2, 0.25) is 0 Å². The molecule has 1 aromatic rings. The van der Waals surface area contributed by atoms with E-state index in [2.05, 4.69) is 39.6 Å².